The van der Waals surface area contributed by atoms with Crippen LogP contribution in [0.25, 0.3) is 0 Å². The van der Waals surface area contributed by atoms with Crippen LogP contribution >= 0.6 is 15.9 Å². The van der Waals surface area contributed by atoms with E-state index in [-0.39, 0.29) is 5.91 Å². The third kappa shape index (κ3) is 2.48. The molecule has 3 nitrogen and oxygen atoms in total. The number of rotatable bonds is 3. The van der Waals surface area contributed by atoms with Gasteiger partial charge in [0.2, 0.25) is 0 Å². The summed E-state index contributed by atoms with van der Waals surface area (Å²) in [6.07, 6.45) is 1.88. The summed E-state index contributed by atoms with van der Waals surface area (Å²) < 4.78 is 2.75. The van der Waals surface area contributed by atoms with Crippen LogP contribution < -0.4 is 4.90 Å². The molecular weight excluding hydrogens is 292 g/mol. The Morgan fingerprint density at radius 2 is 2.00 bits per heavy atom. The first-order valence-electron chi connectivity index (χ1n) is 5.82. The van der Waals surface area contributed by atoms with Gasteiger partial charge in [-0.25, -0.2) is 0 Å². The molecule has 2 rings (SSSR count). The normalized spacial score (nSPS) is 10.4. The third-order valence-electron chi connectivity index (χ3n) is 2.82. The van der Waals surface area contributed by atoms with Gasteiger partial charge in [0.25, 0.3) is 5.91 Å². The van der Waals surface area contributed by atoms with Crippen LogP contribution in [0.5, 0.6) is 0 Å². The number of hydrogen-bond donors (Lipinski definition) is 0. The Hall–Kier alpha value is -1.55. The number of aromatic nitrogens is 1. The van der Waals surface area contributed by atoms with Gasteiger partial charge in [0.15, 0.2) is 0 Å². The van der Waals surface area contributed by atoms with E-state index in [1.54, 1.807) is 4.90 Å². The van der Waals surface area contributed by atoms with Crippen LogP contribution in [0.3, 0.4) is 0 Å². The van der Waals surface area contributed by atoms with Crippen LogP contribution in [0.15, 0.2) is 47.1 Å². The zero-order valence-electron chi connectivity index (χ0n) is 10.4. The number of hydrogen-bond acceptors (Lipinski definition) is 1. The molecule has 0 bridgehead atoms. The van der Waals surface area contributed by atoms with Crippen molar-refractivity contribution >= 4 is 27.5 Å². The van der Waals surface area contributed by atoms with Crippen molar-refractivity contribution in [3.05, 3.63) is 52.8 Å². The molecule has 0 N–H and O–H groups in total. The highest BCUT2D eigenvalue weighted by atomic mass is 79.9. The summed E-state index contributed by atoms with van der Waals surface area (Å²) in [5.41, 5.74) is 1.59. The zero-order chi connectivity index (χ0) is 13.1. The molecule has 0 aliphatic rings. The maximum Gasteiger partial charge on any atom is 0.274 e. The van der Waals surface area contributed by atoms with Crippen molar-refractivity contribution < 1.29 is 4.79 Å². The van der Waals surface area contributed by atoms with Gasteiger partial charge >= 0.3 is 0 Å². The fraction of sp³-hybridized carbons (Fsp3) is 0.214. The number of carbonyl (C=O) groups is 1. The van der Waals surface area contributed by atoms with Gasteiger partial charge in [-0.15, -0.1) is 0 Å². The standard InChI is InChI=1S/C14H15BrN2O/c1-3-17(12-7-5-4-6-8-12)14(18)13-9-11(15)10-16(13)2/h4-10H,3H2,1-2H3. The second kappa shape index (κ2) is 5.40. The molecule has 0 radical (unpaired) electrons. The molecule has 1 aromatic heterocycles. The average molecular weight is 307 g/mol. The van der Waals surface area contributed by atoms with Gasteiger partial charge in [0.05, 0.1) is 0 Å². The molecule has 0 spiro atoms. The van der Waals surface area contributed by atoms with Crippen molar-refractivity contribution in [1.82, 2.24) is 4.57 Å². The molecule has 1 heterocycles. The molecule has 0 atom stereocenters. The molecule has 0 aliphatic heterocycles. The average Bonchev–Trinajstić information content (AvgIpc) is 2.70. The van der Waals surface area contributed by atoms with E-state index >= 15 is 0 Å². The van der Waals surface area contributed by atoms with Gasteiger partial charge in [-0.1, -0.05) is 18.2 Å². The smallest absolute Gasteiger partial charge is 0.274 e. The van der Waals surface area contributed by atoms with E-state index in [9.17, 15) is 4.79 Å². The number of para-hydroxylation sites is 1. The number of halogens is 1. The van der Waals surface area contributed by atoms with Crippen molar-refractivity contribution in [1.29, 1.82) is 0 Å². The summed E-state index contributed by atoms with van der Waals surface area (Å²) in [5.74, 6) is 0.0110. The third-order valence-corrected chi connectivity index (χ3v) is 3.25. The monoisotopic (exact) mass is 306 g/mol. The molecule has 0 unspecified atom stereocenters. The Balaban J connectivity index is 2.34. The first-order valence-corrected chi connectivity index (χ1v) is 6.61. The molecule has 0 fully saturated rings. The summed E-state index contributed by atoms with van der Waals surface area (Å²) in [5, 5.41) is 0. The van der Waals surface area contributed by atoms with Crippen LogP contribution in [0.1, 0.15) is 17.4 Å². The Bertz CT molecular complexity index is 548. The minimum atomic E-state index is 0.0110. The summed E-state index contributed by atoms with van der Waals surface area (Å²) >= 11 is 3.39. The van der Waals surface area contributed by atoms with Gasteiger partial charge in [-0.2, -0.15) is 0 Å². The first kappa shape index (κ1) is 12.9. The minimum Gasteiger partial charge on any atom is -0.345 e. The fourth-order valence-electron chi connectivity index (χ4n) is 1.93. The molecular formula is C14H15BrN2O. The lowest BCUT2D eigenvalue weighted by atomic mass is 10.2. The fourth-order valence-corrected chi connectivity index (χ4v) is 2.45. The van der Waals surface area contributed by atoms with E-state index < -0.39 is 0 Å². The molecule has 1 aromatic carbocycles. The Kier molecular flexibility index (Phi) is 3.87. The number of benzene rings is 1. The lowest BCUT2D eigenvalue weighted by molar-refractivity contribution is 0.0980. The molecule has 4 heteroatoms. The summed E-state index contributed by atoms with van der Waals surface area (Å²) in [4.78, 5) is 14.3. The Morgan fingerprint density at radius 3 is 2.50 bits per heavy atom. The quantitative estimate of drug-likeness (QED) is 0.852. The van der Waals surface area contributed by atoms with Crippen LogP contribution in [-0.2, 0) is 7.05 Å². The van der Waals surface area contributed by atoms with E-state index in [1.165, 1.54) is 0 Å². The van der Waals surface area contributed by atoms with Crippen LogP contribution in [0, 0.1) is 0 Å². The van der Waals surface area contributed by atoms with Crippen molar-refractivity contribution in [3.8, 4) is 0 Å². The van der Waals surface area contributed by atoms with Gasteiger partial charge < -0.3 is 9.47 Å². The summed E-state index contributed by atoms with van der Waals surface area (Å²) in [7, 11) is 1.87. The van der Waals surface area contributed by atoms with E-state index in [2.05, 4.69) is 15.9 Å². The molecule has 18 heavy (non-hydrogen) atoms. The van der Waals surface area contributed by atoms with E-state index in [4.69, 9.17) is 0 Å². The van der Waals surface area contributed by atoms with Crippen LogP contribution in [-0.4, -0.2) is 17.0 Å². The van der Waals surface area contributed by atoms with Gasteiger partial charge in [0, 0.05) is 29.9 Å². The lowest BCUT2D eigenvalue weighted by Crippen LogP contribution is -2.31. The number of aryl methyl sites for hydroxylation is 1. The van der Waals surface area contributed by atoms with Crippen molar-refractivity contribution in [2.45, 2.75) is 6.92 Å². The predicted octanol–water partition coefficient (Wildman–Crippen LogP) is 3.45. The second-order valence-electron chi connectivity index (χ2n) is 4.04. The zero-order valence-corrected chi connectivity index (χ0v) is 12.0. The molecule has 1 amide bonds. The topological polar surface area (TPSA) is 25.2 Å². The number of anilines is 1. The van der Waals surface area contributed by atoms with Crippen LogP contribution in [0.4, 0.5) is 5.69 Å². The van der Waals surface area contributed by atoms with Gasteiger partial charge in [0.1, 0.15) is 5.69 Å². The van der Waals surface area contributed by atoms with Gasteiger partial charge in [-0.05, 0) is 41.1 Å². The number of nitrogens with zero attached hydrogens (tertiary/aromatic N) is 2. The maximum atomic E-state index is 12.5. The molecule has 0 saturated heterocycles. The lowest BCUT2D eigenvalue weighted by Gasteiger charge is -2.21. The highest BCUT2D eigenvalue weighted by molar-refractivity contribution is 9.10. The molecule has 2 aromatic rings. The predicted molar refractivity (Wildman–Crippen MR) is 76.9 cm³/mol. The Labute approximate surface area is 115 Å². The summed E-state index contributed by atoms with van der Waals surface area (Å²) in [6.45, 7) is 2.62. The van der Waals surface area contributed by atoms with Crippen molar-refractivity contribution in [2.75, 3.05) is 11.4 Å². The SMILES string of the molecule is CCN(C(=O)c1cc(Br)cn1C)c1ccccc1. The van der Waals surface area contributed by atoms with Crippen molar-refractivity contribution in [2.24, 2.45) is 7.05 Å². The molecule has 0 aliphatic carbocycles. The van der Waals surface area contributed by atoms with E-state index in [0.717, 1.165) is 10.2 Å². The first-order chi connectivity index (χ1) is 8.63. The molecule has 0 saturated carbocycles. The Morgan fingerprint density at radius 1 is 1.33 bits per heavy atom. The van der Waals surface area contributed by atoms with Gasteiger partial charge in [-0.3, -0.25) is 4.79 Å². The van der Waals surface area contributed by atoms with E-state index in [0.29, 0.717) is 12.2 Å². The van der Waals surface area contributed by atoms with Crippen molar-refractivity contribution in [3.63, 3.8) is 0 Å². The summed E-state index contributed by atoms with van der Waals surface area (Å²) in [6, 6.07) is 11.5. The maximum absolute atomic E-state index is 12.5. The minimum absolute atomic E-state index is 0.0110. The highest BCUT2D eigenvalue weighted by Crippen LogP contribution is 2.19. The second-order valence-corrected chi connectivity index (χ2v) is 4.96. The number of amides is 1. The largest absolute Gasteiger partial charge is 0.345 e. The van der Waals surface area contributed by atoms with E-state index in [1.807, 2.05) is 61.1 Å². The molecule has 94 valence electrons. The van der Waals surface area contributed by atoms with Crippen LogP contribution in [0.2, 0.25) is 0 Å². The number of carbonyl (C=O) groups excluding carboxylic acids is 1. The highest BCUT2D eigenvalue weighted by Gasteiger charge is 2.18.